The molecule has 2 aromatic heterocycles. The Hall–Kier alpha value is -2.85. The number of aromatic nitrogens is 1. The predicted molar refractivity (Wildman–Crippen MR) is 89.1 cm³/mol. The average Bonchev–Trinajstić information content (AvgIpc) is 3.09. The summed E-state index contributed by atoms with van der Waals surface area (Å²) in [4.78, 5) is 16.5. The smallest absolute Gasteiger partial charge is 0.309 e. The van der Waals surface area contributed by atoms with Gasteiger partial charge in [0.2, 0.25) is 0 Å². The van der Waals surface area contributed by atoms with E-state index in [1.807, 2.05) is 0 Å². The Labute approximate surface area is 145 Å². The van der Waals surface area contributed by atoms with Gasteiger partial charge in [-0.3, -0.25) is 4.79 Å². The van der Waals surface area contributed by atoms with Gasteiger partial charge < -0.3 is 20.0 Å². The number of nitrogens with zero attached hydrogens (tertiary/aromatic N) is 2. The van der Waals surface area contributed by atoms with Crippen LogP contribution in [0.25, 0.3) is 11.3 Å². The fourth-order valence-corrected chi connectivity index (χ4v) is 3.22. The standard InChI is InChI=1S/C18H19N3O4/c1-2-24-18(23)10-3-5-14-12(7-10)16(13(8-19)17(20)21-14)15-6-4-11(9-22)25-15/h4,6,10,22H,2-3,5,7,9H2,1H3,(H2,20,21). The van der Waals surface area contributed by atoms with Gasteiger partial charge in [0.15, 0.2) is 0 Å². The number of carbonyl (C=O) groups is 1. The zero-order valence-corrected chi connectivity index (χ0v) is 13.9. The van der Waals surface area contributed by atoms with Crippen LogP contribution >= 0.6 is 0 Å². The van der Waals surface area contributed by atoms with Crippen LogP contribution in [0.2, 0.25) is 0 Å². The van der Waals surface area contributed by atoms with Gasteiger partial charge in [-0.05, 0) is 43.9 Å². The first-order valence-electron chi connectivity index (χ1n) is 8.16. The Morgan fingerprint density at radius 1 is 1.56 bits per heavy atom. The molecule has 7 nitrogen and oxygen atoms in total. The van der Waals surface area contributed by atoms with E-state index in [1.54, 1.807) is 19.1 Å². The quantitative estimate of drug-likeness (QED) is 0.815. The maximum absolute atomic E-state index is 12.1. The number of aliphatic hydroxyl groups excluding tert-OH is 1. The zero-order valence-electron chi connectivity index (χ0n) is 13.9. The molecule has 7 heteroatoms. The lowest BCUT2D eigenvalue weighted by Crippen LogP contribution is -2.26. The highest BCUT2D eigenvalue weighted by atomic mass is 16.5. The number of nitriles is 1. The van der Waals surface area contributed by atoms with Crippen molar-refractivity contribution in [1.29, 1.82) is 5.26 Å². The fraction of sp³-hybridized carbons (Fsp3) is 0.389. The number of carbonyl (C=O) groups excluding carboxylic acids is 1. The maximum Gasteiger partial charge on any atom is 0.309 e. The average molecular weight is 341 g/mol. The molecule has 130 valence electrons. The molecule has 0 spiro atoms. The van der Waals surface area contributed by atoms with E-state index in [9.17, 15) is 15.2 Å². The molecule has 1 unspecified atom stereocenters. The van der Waals surface area contributed by atoms with E-state index in [0.717, 1.165) is 11.3 Å². The second kappa shape index (κ2) is 6.95. The number of aryl methyl sites for hydroxylation is 1. The first-order valence-corrected chi connectivity index (χ1v) is 8.16. The van der Waals surface area contributed by atoms with Crippen molar-refractivity contribution in [3.05, 3.63) is 34.7 Å². The van der Waals surface area contributed by atoms with E-state index in [0.29, 0.717) is 43.0 Å². The predicted octanol–water partition coefficient (Wildman–Crippen LogP) is 1.96. The zero-order chi connectivity index (χ0) is 18.0. The van der Waals surface area contributed by atoms with Crippen LogP contribution < -0.4 is 5.73 Å². The number of furan rings is 1. The number of nitrogen functional groups attached to an aromatic ring is 1. The lowest BCUT2D eigenvalue weighted by atomic mass is 9.82. The van der Waals surface area contributed by atoms with Gasteiger partial charge in [-0.1, -0.05) is 0 Å². The van der Waals surface area contributed by atoms with Crippen molar-refractivity contribution in [3.63, 3.8) is 0 Å². The van der Waals surface area contributed by atoms with Gasteiger partial charge >= 0.3 is 5.97 Å². The summed E-state index contributed by atoms with van der Waals surface area (Å²) in [7, 11) is 0. The number of nitrogens with two attached hydrogens (primary N) is 1. The largest absolute Gasteiger partial charge is 0.466 e. The molecule has 0 fully saturated rings. The van der Waals surface area contributed by atoms with E-state index in [2.05, 4.69) is 11.1 Å². The van der Waals surface area contributed by atoms with E-state index < -0.39 is 0 Å². The second-order valence-corrected chi connectivity index (χ2v) is 5.90. The van der Waals surface area contributed by atoms with Crippen LogP contribution in [-0.2, 0) is 29.0 Å². The molecule has 1 aliphatic rings. The molecule has 0 radical (unpaired) electrons. The Bertz CT molecular complexity index is 851. The topological polar surface area (TPSA) is 122 Å². The molecule has 0 aliphatic heterocycles. The summed E-state index contributed by atoms with van der Waals surface area (Å²) in [6.07, 6.45) is 1.62. The van der Waals surface area contributed by atoms with Crippen LogP contribution in [0.1, 0.15) is 35.9 Å². The van der Waals surface area contributed by atoms with Crippen molar-refractivity contribution in [2.75, 3.05) is 12.3 Å². The molecular formula is C18H19N3O4. The van der Waals surface area contributed by atoms with Gasteiger partial charge in [0, 0.05) is 11.3 Å². The Balaban J connectivity index is 2.12. The summed E-state index contributed by atoms with van der Waals surface area (Å²) in [5.41, 5.74) is 8.30. The van der Waals surface area contributed by atoms with Crippen LogP contribution in [0.15, 0.2) is 16.5 Å². The van der Waals surface area contributed by atoms with Crippen molar-refractivity contribution >= 4 is 11.8 Å². The van der Waals surface area contributed by atoms with Gasteiger partial charge in [0.25, 0.3) is 0 Å². The highest BCUT2D eigenvalue weighted by Crippen LogP contribution is 2.38. The van der Waals surface area contributed by atoms with E-state index in [4.69, 9.17) is 14.9 Å². The third-order valence-electron chi connectivity index (χ3n) is 4.39. The number of aliphatic hydroxyl groups is 1. The number of hydrogen-bond donors (Lipinski definition) is 2. The molecule has 0 amide bonds. The molecular weight excluding hydrogens is 322 g/mol. The molecule has 2 aromatic rings. The van der Waals surface area contributed by atoms with Crippen LogP contribution in [-0.4, -0.2) is 22.7 Å². The second-order valence-electron chi connectivity index (χ2n) is 5.90. The summed E-state index contributed by atoms with van der Waals surface area (Å²) in [5, 5.41) is 18.8. The minimum Gasteiger partial charge on any atom is -0.466 e. The molecule has 1 atom stereocenters. The molecule has 1 aliphatic carbocycles. The first kappa shape index (κ1) is 17.0. The van der Waals surface area contributed by atoms with Crippen LogP contribution in [0.5, 0.6) is 0 Å². The molecule has 25 heavy (non-hydrogen) atoms. The van der Waals surface area contributed by atoms with Gasteiger partial charge in [-0.15, -0.1) is 0 Å². The lowest BCUT2D eigenvalue weighted by molar-refractivity contribution is -0.148. The molecule has 0 saturated carbocycles. The number of fused-ring (bicyclic) bond motifs is 1. The highest BCUT2D eigenvalue weighted by molar-refractivity contribution is 5.79. The Morgan fingerprint density at radius 2 is 2.36 bits per heavy atom. The van der Waals surface area contributed by atoms with Gasteiger partial charge in [-0.25, -0.2) is 4.98 Å². The maximum atomic E-state index is 12.1. The van der Waals surface area contributed by atoms with Crippen LogP contribution in [0, 0.1) is 17.2 Å². The van der Waals surface area contributed by atoms with Crippen molar-refractivity contribution < 1.29 is 19.1 Å². The SMILES string of the molecule is CCOC(=O)C1CCc2nc(N)c(C#N)c(-c3ccc(CO)o3)c2C1. The number of ether oxygens (including phenoxy) is 1. The minimum atomic E-state index is -0.282. The molecule has 0 aromatic carbocycles. The molecule has 0 saturated heterocycles. The summed E-state index contributed by atoms with van der Waals surface area (Å²) < 4.78 is 10.8. The number of hydrogen-bond acceptors (Lipinski definition) is 7. The summed E-state index contributed by atoms with van der Waals surface area (Å²) in [5.74, 6) is 0.449. The minimum absolute atomic E-state index is 0.146. The number of rotatable bonds is 4. The normalized spacial score (nSPS) is 16.1. The van der Waals surface area contributed by atoms with Gasteiger partial charge in [0.05, 0.1) is 12.5 Å². The Morgan fingerprint density at radius 3 is 3.00 bits per heavy atom. The summed E-state index contributed by atoms with van der Waals surface area (Å²) in [6, 6.07) is 5.42. The number of esters is 1. The molecule has 3 rings (SSSR count). The van der Waals surface area contributed by atoms with E-state index >= 15 is 0 Å². The van der Waals surface area contributed by atoms with Crippen molar-refractivity contribution in [3.8, 4) is 17.4 Å². The number of anilines is 1. The van der Waals surface area contributed by atoms with Crippen LogP contribution in [0.4, 0.5) is 5.82 Å². The monoisotopic (exact) mass is 341 g/mol. The van der Waals surface area contributed by atoms with E-state index in [-0.39, 0.29) is 29.9 Å². The third-order valence-corrected chi connectivity index (χ3v) is 4.39. The Kier molecular flexibility index (Phi) is 4.72. The summed E-state index contributed by atoms with van der Waals surface area (Å²) >= 11 is 0. The fourth-order valence-electron chi connectivity index (χ4n) is 3.22. The molecule has 3 N–H and O–H groups in total. The first-order chi connectivity index (χ1) is 12.1. The van der Waals surface area contributed by atoms with Crippen LogP contribution in [0.3, 0.4) is 0 Å². The third kappa shape index (κ3) is 3.08. The molecule has 2 heterocycles. The highest BCUT2D eigenvalue weighted by Gasteiger charge is 2.31. The molecule has 0 bridgehead atoms. The van der Waals surface area contributed by atoms with Gasteiger partial charge in [0.1, 0.15) is 35.6 Å². The number of pyridine rings is 1. The van der Waals surface area contributed by atoms with Gasteiger partial charge in [-0.2, -0.15) is 5.26 Å². The van der Waals surface area contributed by atoms with Crippen molar-refractivity contribution in [1.82, 2.24) is 4.98 Å². The lowest BCUT2D eigenvalue weighted by Gasteiger charge is -2.25. The van der Waals surface area contributed by atoms with E-state index in [1.165, 1.54) is 0 Å². The van der Waals surface area contributed by atoms with Crippen molar-refractivity contribution in [2.45, 2.75) is 32.8 Å². The summed E-state index contributed by atoms with van der Waals surface area (Å²) in [6.45, 7) is 1.86. The van der Waals surface area contributed by atoms with Crippen molar-refractivity contribution in [2.24, 2.45) is 5.92 Å².